The quantitative estimate of drug-likeness (QED) is 0.598. The summed E-state index contributed by atoms with van der Waals surface area (Å²) in [6.45, 7) is 12.3. The molecule has 3 nitrogen and oxygen atoms in total. The Kier molecular flexibility index (Phi) is 5.76. The van der Waals surface area contributed by atoms with E-state index in [-0.39, 0.29) is 0 Å². The minimum absolute atomic E-state index is 0.673. The Morgan fingerprint density at radius 3 is 2.33 bits per heavy atom. The van der Waals surface area contributed by atoms with E-state index in [9.17, 15) is 0 Å². The molecule has 0 N–H and O–H groups in total. The van der Waals surface area contributed by atoms with Gasteiger partial charge in [0.1, 0.15) is 6.73 Å². The van der Waals surface area contributed by atoms with Crippen molar-refractivity contribution < 1.29 is 4.74 Å². The molecular weight excluding hydrogens is 152 g/mol. The van der Waals surface area contributed by atoms with Gasteiger partial charge in [-0.3, -0.25) is 0 Å². The van der Waals surface area contributed by atoms with Gasteiger partial charge in [0.05, 0.1) is 13.2 Å². The van der Waals surface area contributed by atoms with E-state index in [1.54, 1.807) is 0 Å². The molecule has 1 fully saturated rings. The summed E-state index contributed by atoms with van der Waals surface area (Å²) in [6, 6.07) is 0. The molecule has 0 radical (unpaired) electrons. The van der Waals surface area contributed by atoms with Crippen molar-refractivity contribution in [3.63, 3.8) is 0 Å². The maximum absolute atomic E-state index is 5.21. The summed E-state index contributed by atoms with van der Waals surface area (Å²) < 4.78 is 5.21. The molecule has 3 heteroatoms. The predicted octanol–water partition coefficient (Wildman–Crippen LogP) is 1.68. The Labute approximate surface area is 75.6 Å². The second-order valence-electron chi connectivity index (χ2n) is 2.55. The Balaban J connectivity index is 0.000000561. The van der Waals surface area contributed by atoms with Gasteiger partial charge < -0.3 is 9.75 Å². The molecule has 72 valence electrons. The van der Waals surface area contributed by atoms with Crippen LogP contribution in [0, 0.1) is 0 Å². The highest BCUT2D eigenvalue weighted by atomic mass is 16.5. The van der Waals surface area contributed by atoms with Crippen LogP contribution in [0.2, 0.25) is 0 Å². The van der Waals surface area contributed by atoms with Crippen LogP contribution in [0.4, 0.5) is 0 Å². The molecule has 0 atom stereocenters. The molecule has 12 heavy (non-hydrogen) atoms. The summed E-state index contributed by atoms with van der Waals surface area (Å²) in [5.41, 5.74) is 1.07. The molecule has 0 aromatic carbocycles. The number of ether oxygens (including phenoxy) is 1. The third kappa shape index (κ3) is 3.24. The van der Waals surface area contributed by atoms with Gasteiger partial charge in [-0.25, -0.2) is 0 Å². The zero-order chi connectivity index (χ0) is 9.56. The molecule has 1 rings (SSSR count). The first-order valence-corrected chi connectivity index (χ1v) is 4.43. The molecule has 1 heterocycles. The van der Waals surface area contributed by atoms with Crippen LogP contribution in [0.5, 0.6) is 0 Å². The summed E-state index contributed by atoms with van der Waals surface area (Å²) in [5.74, 6) is 0. The van der Waals surface area contributed by atoms with Gasteiger partial charge in [-0.05, 0) is 6.92 Å². The molecule has 1 saturated heterocycles. The van der Waals surface area contributed by atoms with Crippen molar-refractivity contribution >= 4 is 0 Å². The number of rotatable bonds is 1. The fourth-order valence-electron chi connectivity index (χ4n) is 1.07. The number of hydrazine groups is 1. The molecular formula is C9H20N2O. The number of allylic oxidation sites excluding steroid dienone is 1. The van der Waals surface area contributed by atoms with Gasteiger partial charge in [-0.2, -0.15) is 5.01 Å². The molecule has 0 aromatic rings. The molecule has 0 bridgehead atoms. The van der Waals surface area contributed by atoms with E-state index in [4.69, 9.17) is 4.74 Å². The van der Waals surface area contributed by atoms with E-state index in [0.29, 0.717) is 6.73 Å². The van der Waals surface area contributed by atoms with Crippen LogP contribution in [0.25, 0.3) is 0 Å². The number of nitrogens with zero attached hydrogens (tertiary/aromatic N) is 2. The molecule has 0 aromatic heterocycles. The van der Waals surface area contributed by atoms with Gasteiger partial charge in [-0.15, -0.1) is 0 Å². The van der Waals surface area contributed by atoms with E-state index < -0.39 is 0 Å². The van der Waals surface area contributed by atoms with Crippen molar-refractivity contribution in [3.8, 4) is 0 Å². The third-order valence-electron chi connectivity index (χ3n) is 1.58. The molecule has 0 aliphatic carbocycles. The van der Waals surface area contributed by atoms with Crippen molar-refractivity contribution in [2.45, 2.75) is 20.8 Å². The maximum atomic E-state index is 5.21. The molecule has 0 spiro atoms. The first-order valence-electron chi connectivity index (χ1n) is 4.43. The van der Waals surface area contributed by atoms with Crippen molar-refractivity contribution in [3.05, 3.63) is 12.3 Å². The average Bonchev–Trinajstić information content (AvgIpc) is 2.08. The summed E-state index contributed by atoms with van der Waals surface area (Å²) in [5, 5.41) is 4.13. The lowest BCUT2D eigenvalue weighted by Gasteiger charge is -2.37. The van der Waals surface area contributed by atoms with Crippen molar-refractivity contribution in [1.29, 1.82) is 0 Å². The number of hydrogen-bond donors (Lipinski definition) is 0. The van der Waals surface area contributed by atoms with Crippen LogP contribution in [0.3, 0.4) is 0 Å². The van der Waals surface area contributed by atoms with Crippen LogP contribution in [0.1, 0.15) is 20.8 Å². The zero-order valence-corrected chi connectivity index (χ0v) is 8.63. The molecule has 0 saturated carbocycles. The Hall–Kier alpha value is -0.540. The predicted molar refractivity (Wildman–Crippen MR) is 51.5 cm³/mol. The summed E-state index contributed by atoms with van der Waals surface area (Å²) >= 11 is 0. The van der Waals surface area contributed by atoms with Gasteiger partial charge in [-0.1, -0.05) is 20.4 Å². The summed E-state index contributed by atoms with van der Waals surface area (Å²) in [7, 11) is 1.99. The van der Waals surface area contributed by atoms with E-state index in [2.05, 4.69) is 11.6 Å². The smallest absolute Gasteiger partial charge is 0.116 e. The molecule has 1 aliphatic rings. The topological polar surface area (TPSA) is 15.7 Å². The second-order valence-corrected chi connectivity index (χ2v) is 2.55. The lowest BCUT2D eigenvalue weighted by molar-refractivity contribution is -0.123. The standard InChI is InChI=1S/C7H14N2O.C2H6/c1-7(2)9-4-5-10-6-8(9)3;1-2/h1,4-6H2,2-3H3;1-2H3. The van der Waals surface area contributed by atoms with Gasteiger partial charge in [0.15, 0.2) is 0 Å². The Morgan fingerprint density at radius 2 is 2.00 bits per heavy atom. The lowest BCUT2D eigenvalue weighted by atomic mass is 10.5. The largest absolute Gasteiger partial charge is 0.363 e. The maximum Gasteiger partial charge on any atom is 0.116 e. The highest BCUT2D eigenvalue weighted by molar-refractivity contribution is 4.86. The van der Waals surface area contributed by atoms with Gasteiger partial charge >= 0.3 is 0 Å². The monoisotopic (exact) mass is 172 g/mol. The van der Waals surface area contributed by atoms with Crippen molar-refractivity contribution in [2.24, 2.45) is 0 Å². The molecule has 0 amide bonds. The Bertz CT molecular complexity index is 136. The molecule has 1 aliphatic heterocycles. The van der Waals surface area contributed by atoms with Crippen LogP contribution in [0.15, 0.2) is 12.3 Å². The van der Waals surface area contributed by atoms with Crippen LogP contribution >= 0.6 is 0 Å². The fourth-order valence-corrected chi connectivity index (χ4v) is 1.07. The first kappa shape index (κ1) is 11.5. The van der Waals surface area contributed by atoms with Crippen molar-refractivity contribution in [2.75, 3.05) is 26.9 Å². The second kappa shape index (κ2) is 6.03. The Morgan fingerprint density at radius 1 is 1.42 bits per heavy atom. The minimum Gasteiger partial charge on any atom is -0.363 e. The zero-order valence-electron chi connectivity index (χ0n) is 8.63. The SMILES string of the molecule is C=C(C)N1CCOCN1C.CC. The lowest BCUT2D eigenvalue weighted by Crippen LogP contribution is -2.45. The average molecular weight is 172 g/mol. The van der Waals surface area contributed by atoms with Crippen LogP contribution < -0.4 is 0 Å². The van der Waals surface area contributed by atoms with Gasteiger partial charge in [0, 0.05) is 12.7 Å². The van der Waals surface area contributed by atoms with Gasteiger partial charge in [0.2, 0.25) is 0 Å². The highest BCUT2D eigenvalue weighted by Gasteiger charge is 2.14. The van der Waals surface area contributed by atoms with E-state index in [1.807, 2.05) is 32.8 Å². The van der Waals surface area contributed by atoms with E-state index in [1.165, 1.54) is 0 Å². The number of hydrogen-bond acceptors (Lipinski definition) is 3. The molecule has 0 unspecified atom stereocenters. The summed E-state index contributed by atoms with van der Waals surface area (Å²) in [4.78, 5) is 0. The van der Waals surface area contributed by atoms with Crippen molar-refractivity contribution in [1.82, 2.24) is 10.0 Å². The minimum atomic E-state index is 0.673. The third-order valence-corrected chi connectivity index (χ3v) is 1.58. The highest BCUT2D eigenvalue weighted by Crippen LogP contribution is 2.07. The van der Waals surface area contributed by atoms with E-state index in [0.717, 1.165) is 18.8 Å². The fraction of sp³-hybridized carbons (Fsp3) is 0.778. The first-order chi connectivity index (χ1) is 5.72. The van der Waals surface area contributed by atoms with E-state index >= 15 is 0 Å². The van der Waals surface area contributed by atoms with Crippen LogP contribution in [-0.4, -0.2) is 36.9 Å². The van der Waals surface area contributed by atoms with Crippen LogP contribution in [-0.2, 0) is 4.74 Å². The summed E-state index contributed by atoms with van der Waals surface area (Å²) in [6.07, 6.45) is 0. The normalized spacial score (nSPS) is 18.2. The van der Waals surface area contributed by atoms with Gasteiger partial charge in [0.25, 0.3) is 0 Å².